The van der Waals surface area contributed by atoms with E-state index in [0.29, 0.717) is 5.41 Å². The SMILES string of the molecule is CCCC1(CNC2CC(C)N(C3CC3)C2)CC1. The zero-order chi connectivity index (χ0) is 11.9. The van der Waals surface area contributed by atoms with Crippen molar-refractivity contribution in [3.8, 4) is 0 Å². The summed E-state index contributed by atoms with van der Waals surface area (Å²) in [6.45, 7) is 7.34. The Morgan fingerprint density at radius 2 is 2.06 bits per heavy atom. The summed E-state index contributed by atoms with van der Waals surface area (Å²) >= 11 is 0. The topological polar surface area (TPSA) is 15.3 Å². The Kier molecular flexibility index (Phi) is 3.20. The number of hydrogen-bond acceptors (Lipinski definition) is 2. The molecule has 2 nitrogen and oxygen atoms in total. The van der Waals surface area contributed by atoms with Gasteiger partial charge < -0.3 is 5.32 Å². The molecule has 1 N–H and O–H groups in total. The van der Waals surface area contributed by atoms with Gasteiger partial charge in [-0.2, -0.15) is 0 Å². The van der Waals surface area contributed by atoms with Crippen LogP contribution in [-0.4, -0.2) is 36.1 Å². The lowest BCUT2D eigenvalue weighted by molar-refractivity contribution is 0.254. The van der Waals surface area contributed by atoms with Crippen molar-refractivity contribution < 1.29 is 0 Å². The van der Waals surface area contributed by atoms with Gasteiger partial charge in [0.05, 0.1) is 0 Å². The monoisotopic (exact) mass is 236 g/mol. The van der Waals surface area contributed by atoms with Gasteiger partial charge in [-0.05, 0) is 50.9 Å². The van der Waals surface area contributed by atoms with Crippen LogP contribution in [-0.2, 0) is 0 Å². The molecule has 0 bridgehead atoms. The maximum atomic E-state index is 3.87. The molecule has 0 radical (unpaired) electrons. The van der Waals surface area contributed by atoms with Crippen LogP contribution in [0.3, 0.4) is 0 Å². The van der Waals surface area contributed by atoms with Gasteiger partial charge in [0.2, 0.25) is 0 Å². The molecule has 3 fully saturated rings. The molecule has 0 aromatic rings. The maximum absolute atomic E-state index is 3.87. The summed E-state index contributed by atoms with van der Waals surface area (Å²) in [6.07, 6.45) is 10.0. The first-order valence-corrected chi connectivity index (χ1v) is 7.71. The number of likely N-dealkylation sites (tertiary alicyclic amines) is 1. The van der Waals surface area contributed by atoms with Gasteiger partial charge in [0.1, 0.15) is 0 Å². The predicted molar refractivity (Wildman–Crippen MR) is 72.2 cm³/mol. The van der Waals surface area contributed by atoms with Crippen molar-refractivity contribution in [1.82, 2.24) is 10.2 Å². The average molecular weight is 236 g/mol. The van der Waals surface area contributed by atoms with Crippen LogP contribution in [0.4, 0.5) is 0 Å². The Bertz CT molecular complexity index is 268. The lowest BCUT2D eigenvalue weighted by Gasteiger charge is -2.21. The molecule has 2 heteroatoms. The number of hydrogen-bond donors (Lipinski definition) is 1. The maximum Gasteiger partial charge on any atom is 0.0210 e. The highest BCUT2D eigenvalue weighted by atomic mass is 15.3. The molecule has 0 aromatic carbocycles. The van der Waals surface area contributed by atoms with Crippen molar-refractivity contribution in [2.75, 3.05) is 13.1 Å². The van der Waals surface area contributed by atoms with E-state index in [9.17, 15) is 0 Å². The van der Waals surface area contributed by atoms with Gasteiger partial charge in [-0.3, -0.25) is 4.90 Å². The second-order valence-electron chi connectivity index (χ2n) is 6.84. The summed E-state index contributed by atoms with van der Waals surface area (Å²) in [6, 6.07) is 2.54. The Labute approximate surface area is 106 Å². The largest absolute Gasteiger partial charge is 0.312 e. The van der Waals surface area contributed by atoms with E-state index in [2.05, 4.69) is 24.1 Å². The van der Waals surface area contributed by atoms with E-state index in [4.69, 9.17) is 0 Å². The molecule has 1 saturated heterocycles. The lowest BCUT2D eigenvalue weighted by atomic mass is 10.0. The fourth-order valence-electron chi connectivity index (χ4n) is 3.70. The fourth-order valence-corrected chi connectivity index (χ4v) is 3.70. The van der Waals surface area contributed by atoms with Crippen molar-refractivity contribution in [3.63, 3.8) is 0 Å². The predicted octanol–water partition coefficient (Wildman–Crippen LogP) is 2.78. The molecule has 0 amide bonds. The second-order valence-corrected chi connectivity index (χ2v) is 6.84. The summed E-state index contributed by atoms with van der Waals surface area (Å²) in [4.78, 5) is 2.75. The molecule has 1 aliphatic heterocycles. The molecule has 0 aromatic heterocycles. The van der Waals surface area contributed by atoms with Crippen LogP contribution in [0.15, 0.2) is 0 Å². The van der Waals surface area contributed by atoms with Crippen LogP contribution in [0.2, 0.25) is 0 Å². The Morgan fingerprint density at radius 1 is 1.29 bits per heavy atom. The third-order valence-corrected chi connectivity index (χ3v) is 5.14. The van der Waals surface area contributed by atoms with Crippen molar-refractivity contribution in [3.05, 3.63) is 0 Å². The van der Waals surface area contributed by atoms with Crippen LogP contribution < -0.4 is 5.32 Å². The number of nitrogens with one attached hydrogen (secondary N) is 1. The molecule has 17 heavy (non-hydrogen) atoms. The molecule has 1 heterocycles. The van der Waals surface area contributed by atoms with Crippen LogP contribution in [0, 0.1) is 5.41 Å². The molecule has 2 atom stereocenters. The molecule has 2 saturated carbocycles. The van der Waals surface area contributed by atoms with Gasteiger partial charge in [-0.25, -0.2) is 0 Å². The average Bonchev–Trinajstić information content (AvgIpc) is 3.20. The summed E-state index contributed by atoms with van der Waals surface area (Å²) in [7, 11) is 0. The van der Waals surface area contributed by atoms with E-state index in [1.807, 2.05) is 0 Å². The van der Waals surface area contributed by atoms with E-state index < -0.39 is 0 Å². The molecule has 3 aliphatic rings. The highest BCUT2D eigenvalue weighted by Crippen LogP contribution is 2.49. The molecule has 0 spiro atoms. The Balaban J connectivity index is 1.44. The van der Waals surface area contributed by atoms with Gasteiger partial charge in [-0.15, -0.1) is 0 Å². The van der Waals surface area contributed by atoms with Crippen molar-refractivity contribution in [1.29, 1.82) is 0 Å². The zero-order valence-corrected chi connectivity index (χ0v) is 11.5. The summed E-state index contributed by atoms with van der Waals surface area (Å²) in [5.74, 6) is 0. The van der Waals surface area contributed by atoms with Gasteiger partial charge >= 0.3 is 0 Å². The summed E-state index contributed by atoms with van der Waals surface area (Å²) < 4.78 is 0. The summed E-state index contributed by atoms with van der Waals surface area (Å²) in [5.41, 5.74) is 0.713. The minimum absolute atomic E-state index is 0.713. The highest BCUT2D eigenvalue weighted by Gasteiger charge is 2.43. The van der Waals surface area contributed by atoms with E-state index in [1.165, 1.54) is 58.0 Å². The standard InChI is InChI=1S/C15H28N2/c1-3-6-15(7-8-15)11-16-13-9-12(2)17(10-13)14-4-5-14/h12-14,16H,3-11H2,1-2H3. The van der Waals surface area contributed by atoms with Crippen LogP contribution in [0.5, 0.6) is 0 Å². The van der Waals surface area contributed by atoms with Crippen LogP contribution in [0.25, 0.3) is 0 Å². The van der Waals surface area contributed by atoms with Crippen molar-refractivity contribution >= 4 is 0 Å². The second kappa shape index (κ2) is 4.55. The van der Waals surface area contributed by atoms with E-state index in [0.717, 1.165) is 18.1 Å². The summed E-state index contributed by atoms with van der Waals surface area (Å²) in [5, 5.41) is 3.87. The first-order valence-electron chi connectivity index (χ1n) is 7.71. The molecule has 2 aliphatic carbocycles. The zero-order valence-electron chi connectivity index (χ0n) is 11.5. The Hall–Kier alpha value is -0.0800. The van der Waals surface area contributed by atoms with Crippen molar-refractivity contribution in [2.24, 2.45) is 5.41 Å². The van der Waals surface area contributed by atoms with Gasteiger partial charge in [0.15, 0.2) is 0 Å². The van der Waals surface area contributed by atoms with Crippen LogP contribution >= 0.6 is 0 Å². The molecule has 98 valence electrons. The number of nitrogens with zero attached hydrogens (tertiary/aromatic N) is 1. The van der Waals surface area contributed by atoms with Gasteiger partial charge in [0, 0.05) is 31.2 Å². The lowest BCUT2D eigenvalue weighted by Crippen LogP contribution is -2.37. The first-order chi connectivity index (χ1) is 8.22. The normalized spacial score (nSPS) is 36.4. The molecular formula is C15H28N2. The smallest absolute Gasteiger partial charge is 0.0210 e. The van der Waals surface area contributed by atoms with E-state index in [-0.39, 0.29) is 0 Å². The van der Waals surface area contributed by atoms with Crippen LogP contribution in [0.1, 0.15) is 58.8 Å². The van der Waals surface area contributed by atoms with E-state index in [1.54, 1.807) is 0 Å². The molecule has 2 unspecified atom stereocenters. The van der Waals surface area contributed by atoms with Gasteiger partial charge in [0.25, 0.3) is 0 Å². The van der Waals surface area contributed by atoms with E-state index >= 15 is 0 Å². The minimum atomic E-state index is 0.713. The third kappa shape index (κ3) is 2.68. The highest BCUT2D eigenvalue weighted by molar-refractivity contribution is 4.99. The third-order valence-electron chi connectivity index (χ3n) is 5.14. The number of rotatable bonds is 6. The van der Waals surface area contributed by atoms with Gasteiger partial charge in [-0.1, -0.05) is 13.3 Å². The quantitative estimate of drug-likeness (QED) is 0.763. The molecular weight excluding hydrogens is 208 g/mol. The minimum Gasteiger partial charge on any atom is -0.312 e. The first kappa shape index (κ1) is 12.0. The Morgan fingerprint density at radius 3 is 2.65 bits per heavy atom. The molecule has 3 rings (SSSR count). The van der Waals surface area contributed by atoms with Crippen molar-refractivity contribution in [2.45, 2.75) is 76.9 Å². The fraction of sp³-hybridized carbons (Fsp3) is 1.00.